The molecule has 0 aromatic heterocycles. The molecule has 0 bridgehead atoms. The third kappa shape index (κ3) is 3.55. The van der Waals surface area contributed by atoms with Gasteiger partial charge in [0.2, 0.25) is 5.78 Å². The van der Waals surface area contributed by atoms with Gasteiger partial charge in [0.15, 0.2) is 6.61 Å². The molecule has 0 spiro atoms. The quantitative estimate of drug-likeness (QED) is 0.269. The average Bonchev–Trinajstić information content (AvgIpc) is 2.75. The van der Waals surface area contributed by atoms with Gasteiger partial charge in [0.05, 0.1) is 18.2 Å². The predicted octanol–water partition coefficient (Wildman–Crippen LogP) is 5.18. The van der Waals surface area contributed by atoms with E-state index in [-0.39, 0.29) is 11.3 Å². The fourth-order valence-corrected chi connectivity index (χ4v) is 3.41. The van der Waals surface area contributed by atoms with Crippen molar-refractivity contribution in [3.8, 4) is 5.75 Å². The second kappa shape index (κ2) is 7.72. The molecule has 0 atom stereocenters. The first-order valence-corrected chi connectivity index (χ1v) is 9.03. The average molecular weight is 388 g/mol. The maximum Gasteiger partial charge on any atom is 0.339 e. The van der Waals surface area contributed by atoms with Crippen molar-refractivity contribution in [2.75, 3.05) is 13.7 Å². The Balaban J connectivity index is 1.68. The van der Waals surface area contributed by atoms with E-state index in [1.54, 1.807) is 0 Å². The maximum atomic E-state index is 13.5. The van der Waals surface area contributed by atoms with Crippen LogP contribution in [0.1, 0.15) is 20.7 Å². The SMILES string of the molecule is COc1ccc(F)cc1C(=O)COC(=O)c1c2ccccc2cc2ccccc12. The fraction of sp³-hybridized carbons (Fsp3) is 0.0833. The lowest BCUT2D eigenvalue weighted by Gasteiger charge is -2.12. The molecule has 0 aliphatic heterocycles. The van der Waals surface area contributed by atoms with E-state index in [9.17, 15) is 14.0 Å². The minimum Gasteiger partial charge on any atom is -0.496 e. The Bertz CT molecular complexity index is 1190. The fourth-order valence-electron chi connectivity index (χ4n) is 3.41. The molecule has 4 nitrogen and oxygen atoms in total. The number of carbonyl (C=O) groups is 2. The Morgan fingerprint density at radius 2 is 1.48 bits per heavy atom. The summed E-state index contributed by atoms with van der Waals surface area (Å²) in [6, 6.07) is 20.6. The van der Waals surface area contributed by atoms with Gasteiger partial charge in [-0.15, -0.1) is 0 Å². The number of ether oxygens (including phenoxy) is 2. The number of ketones is 1. The summed E-state index contributed by atoms with van der Waals surface area (Å²) < 4.78 is 24.0. The van der Waals surface area contributed by atoms with Gasteiger partial charge in [0.25, 0.3) is 0 Å². The summed E-state index contributed by atoms with van der Waals surface area (Å²) in [5.74, 6) is -1.50. The lowest BCUT2D eigenvalue weighted by atomic mass is 9.97. The van der Waals surface area contributed by atoms with E-state index in [1.165, 1.54) is 19.2 Å². The summed E-state index contributed by atoms with van der Waals surface area (Å²) in [6.45, 7) is -0.518. The van der Waals surface area contributed by atoms with Crippen molar-refractivity contribution in [2.45, 2.75) is 0 Å². The molecule has 0 aliphatic carbocycles. The van der Waals surface area contributed by atoms with Crippen LogP contribution in [-0.2, 0) is 4.74 Å². The van der Waals surface area contributed by atoms with Gasteiger partial charge >= 0.3 is 5.97 Å². The number of hydrogen-bond acceptors (Lipinski definition) is 4. The van der Waals surface area contributed by atoms with E-state index < -0.39 is 24.2 Å². The molecule has 5 heteroatoms. The standard InChI is InChI=1S/C24H17FO4/c1-28-22-11-10-17(25)13-20(22)21(26)14-29-24(27)23-18-8-4-2-6-15(18)12-16-7-3-5-9-19(16)23/h2-13H,14H2,1H3. The number of methoxy groups -OCH3 is 1. The molecule has 4 aromatic rings. The lowest BCUT2D eigenvalue weighted by Crippen LogP contribution is -2.16. The number of rotatable bonds is 5. The predicted molar refractivity (Wildman–Crippen MR) is 109 cm³/mol. The summed E-state index contributed by atoms with van der Waals surface area (Å²) in [5.41, 5.74) is 0.431. The molecule has 0 heterocycles. The molecule has 0 saturated heterocycles. The molecule has 0 radical (unpaired) electrons. The molecule has 29 heavy (non-hydrogen) atoms. The number of fused-ring (bicyclic) bond motifs is 2. The van der Waals surface area contributed by atoms with Crippen LogP contribution in [0.25, 0.3) is 21.5 Å². The van der Waals surface area contributed by atoms with Crippen molar-refractivity contribution < 1.29 is 23.5 Å². The molecule has 0 fully saturated rings. The van der Waals surface area contributed by atoms with Crippen LogP contribution >= 0.6 is 0 Å². The van der Waals surface area contributed by atoms with Gasteiger partial charge in [-0.25, -0.2) is 9.18 Å². The number of benzene rings is 4. The van der Waals surface area contributed by atoms with Gasteiger partial charge in [-0.3, -0.25) is 4.79 Å². The van der Waals surface area contributed by atoms with Gasteiger partial charge in [0, 0.05) is 0 Å². The zero-order valence-electron chi connectivity index (χ0n) is 15.6. The number of carbonyl (C=O) groups excluding carboxylic acids is 2. The largest absolute Gasteiger partial charge is 0.496 e. The van der Waals surface area contributed by atoms with Gasteiger partial charge in [-0.05, 0) is 45.8 Å². The molecule has 0 N–H and O–H groups in total. The van der Waals surface area contributed by atoms with Crippen LogP contribution in [0.2, 0.25) is 0 Å². The number of halogens is 1. The Morgan fingerprint density at radius 3 is 2.10 bits per heavy atom. The van der Waals surface area contributed by atoms with E-state index in [1.807, 2.05) is 54.6 Å². The van der Waals surface area contributed by atoms with Gasteiger partial charge in [-0.1, -0.05) is 48.5 Å². The Hall–Kier alpha value is -3.73. The smallest absolute Gasteiger partial charge is 0.339 e. The van der Waals surface area contributed by atoms with E-state index in [2.05, 4.69) is 0 Å². The van der Waals surface area contributed by atoms with E-state index in [0.29, 0.717) is 5.56 Å². The highest BCUT2D eigenvalue weighted by atomic mass is 19.1. The van der Waals surface area contributed by atoms with Gasteiger partial charge < -0.3 is 9.47 Å². The zero-order chi connectivity index (χ0) is 20.4. The summed E-state index contributed by atoms with van der Waals surface area (Å²) in [7, 11) is 1.39. The lowest BCUT2D eigenvalue weighted by molar-refractivity contribution is 0.0477. The van der Waals surface area contributed by atoms with Crippen LogP contribution in [0.15, 0.2) is 72.8 Å². The highest BCUT2D eigenvalue weighted by Crippen LogP contribution is 2.29. The summed E-state index contributed by atoms with van der Waals surface area (Å²) in [4.78, 5) is 25.5. The van der Waals surface area contributed by atoms with Crippen LogP contribution in [0.3, 0.4) is 0 Å². The Labute approximate surface area is 166 Å². The van der Waals surface area contributed by atoms with E-state index in [0.717, 1.165) is 27.6 Å². The molecule has 0 unspecified atom stereocenters. The third-order valence-corrected chi connectivity index (χ3v) is 4.77. The van der Waals surface area contributed by atoms with Crippen molar-refractivity contribution in [1.82, 2.24) is 0 Å². The molecule has 0 aliphatic rings. The van der Waals surface area contributed by atoms with Crippen LogP contribution in [0.5, 0.6) is 5.75 Å². The first kappa shape index (κ1) is 18.6. The maximum absolute atomic E-state index is 13.5. The molecular weight excluding hydrogens is 371 g/mol. The molecule has 0 saturated carbocycles. The minimum absolute atomic E-state index is 0.0306. The summed E-state index contributed by atoms with van der Waals surface area (Å²) in [6.07, 6.45) is 0. The van der Waals surface area contributed by atoms with E-state index >= 15 is 0 Å². The first-order chi connectivity index (χ1) is 14.1. The molecule has 4 aromatic carbocycles. The van der Waals surface area contributed by atoms with E-state index in [4.69, 9.17) is 9.47 Å². The second-order valence-electron chi connectivity index (χ2n) is 6.54. The monoisotopic (exact) mass is 388 g/mol. The van der Waals surface area contributed by atoms with Crippen molar-refractivity contribution in [3.05, 3.63) is 89.7 Å². The normalized spacial score (nSPS) is 10.8. The molecule has 144 valence electrons. The highest BCUT2D eigenvalue weighted by molar-refractivity contribution is 6.17. The van der Waals surface area contributed by atoms with Gasteiger partial charge in [-0.2, -0.15) is 0 Å². The number of hydrogen-bond donors (Lipinski definition) is 0. The second-order valence-corrected chi connectivity index (χ2v) is 6.54. The van der Waals surface area contributed by atoms with Crippen LogP contribution < -0.4 is 4.74 Å². The number of Topliss-reactive ketones (excluding diaryl/α,β-unsaturated/α-hetero) is 1. The highest BCUT2D eigenvalue weighted by Gasteiger charge is 2.19. The molecule has 0 amide bonds. The molecular formula is C24H17FO4. The summed E-state index contributed by atoms with van der Waals surface area (Å²) in [5, 5.41) is 3.28. The van der Waals surface area contributed by atoms with Crippen molar-refractivity contribution in [3.63, 3.8) is 0 Å². The first-order valence-electron chi connectivity index (χ1n) is 9.03. The third-order valence-electron chi connectivity index (χ3n) is 4.77. The van der Waals surface area contributed by atoms with Crippen molar-refractivity contribution in [1.29, 1.82) is 0 Å². The summed E-state index contributed by atoms with van der Waals surface area (Å²) >= 11 is 0. The van der Waals surface area contributed by atoms with Gasteiger partial charge in [0.1, 0.15) is 11.6 Å². The van der Waals surface area contributed by atoms with Crippen molar-refractivity contribution in [2.24, 2.45) is 0 Å². The molecule has 4 rings (SSSR count). The van der Waals surface area contributed by atoms with Crippen LogP contribution in [0, 0.1) is 5.82 Å². The zero-order valence-corrected chi connectivity index (χ0v) is 15.6. The number of esters is 1. The topological polar surface area (TPSA) is 52.6 Å². The Kier molecular flexibility index (Phi) is 4.96. The Morgan fingerprint density at radius 1 is 0.862 bits per heavy atom. The van der Waals surface area contributed by atoms with Crippen LogP contribution in [-0.4, -0.2) is 25.5 Å². The van der Waals surface area contributed by atoms with Crippen LogP contribution in [0.4, 0.5) is 4.39 Å². The minimum atomic E-state index is -0.610. The van der Waals surface area contributed by atoms with Crippen molar-refractivity contribution >= 4 is 33.3 Å².